The second-order valence-corrected chi connectivity index (χ2v) is 6.47. The first-order valence-electron chi connectivity index (χ1n) is 8.53. The van der Waals surface area contributed by atoms with Crippen LogP contribution in [-0.4, -0.2) is 27.5 Å². The summed E-state index contributed by atoms with van der Waals surface area (Å²) in [6.07, 6.45) is 3.71. The Balaban J connectivity index is 1.48. The molecule has 4 nitrogen and oxygen atoms in total. The molecule has 0 bridgehead atoms. The highest BCUT2D eigenvalue weighted by Crippen LogP contribution is 2.22. The minimum atomic E-state index is 0.0853. The fourth-order valence-electron chi connectivity index (χ4n) is 3.54. The van der Waals surface area contributed by atoms with Gasteiger partial charge in [0.2, 0.25) is 0 Å². The molecular formula is C20H21N3O. The molecule has 122 valence electrons. The lowest BCUT2D eigenvalue weighted by Crippen LogP contribution is -2.37. The van der Waals surface area contributed by atoms with Gasteiger partial charge in [0, 0.05) is 25.7 Å². The van der Waals surface area contributed by atoms with Crippen molar-refractivity contribution in [2.75, 3.05) is 13.1 Å². The molecule has 24 heavy (non-hydrogen) atoms. The Morgan fingerprint density at radius 2 is 1.67 bits per heavy atom. The summed E-state index contributed by atoms with van der Waals surface area (Å²) in [6, 6.07) is 18.4. The van der Waals surface area contributed by atoms with E-state index in [0.29, 0.717) is 5.39 Å². The molecule has 1 fully saturated rings. The zero-order chi connectivity index (χ0) is 16.4. The number of piperidine rings is 1. The minimum Gasteiger partial charge on any atom is -0.299 e. The van der Waals surface area contributed by atoms with Crippen LogP contribution < -0.4 is 5.56 Å². The van der Waals surface area contributed by atoms with Gasteiger partial charge in [-0.25, -0.2) is 4.98 Å². The molecule has 1 aliphatic rings. The van der Waals surface area contributed by atoms with Crippen molar-refractivity contribution in [3.8, 4) is 0 Å². The van der Waals surface area contributed by atoms with Gasteiger partial charge in [-0.05, 0) is 30.5 Å². The molecule has 1 aliphatic heterocycles. The highest BCUT2D eigenvalue weighted by Gasteiger charge is 2.22. The number of nitrogens with zero attached hydrogens (tertiary/aromatic N) is 3. The van der Waals surface area contributed by atoms with Gasteiger partial charge in [0.1, 0.15) is 0 Å². The zero-order valence-electron chi connectivity index (χ0n) is 13.6. The first-order chi connectivity index (χ1) is 11.8. The van der Waals surface area contributed by atoms with Crippen LogP contribution in [0.25, 0.3) is 10.9 Å². The molecule has 0 aliphatic carbocycles. The SMILES string of the molecule is O=c1c2ccccc2ncn1C1CCN(Cc2ccccc2)CC1. The summed E-state index contributed by atoms with van der Waals surface area (Å²) in [7, 11) is 0. The van der Waals surface area contributed by atoms with Gasteiger partial charge in [-0.3, -0.25) is 14.3 Å². The Morgan fingerprint density at radius 3 is 2.46 bits per heavy atom. The Hall–Kier alpha value is -2.46. The van der Waals surface area contributed by atoms with Crippen molar-refractivity contribution in [1.82, 2.24) is 14.5 Å². The van der Waals surface area contributed by atoms with E-state index >= 15 is 0 Å². The van der Waals surface area contributed by atoms with E-state index in [1.54, 1.807) is 6.33 Å². The van der Waals surface area contributed by atoms with E-state index in [1.807, 2.05) is 28.8 Å². The lowest BCUT2D eigenvalue weighted by Gasteiger charge is -2.32. The summed E-state index contributed by atoms with van der Waals surface area (Å²) in [6.45, 7) is 3.01. The van der Waals surface area contributed by atoms with Gasteiger partial charge in [-0.1, -0.05) is 42.5 Å². The van der Waals surface area contributed by atoms with Crippen LogP contribution in [0.1, 0.15) is 24.4 Å². The number of rotatable bonds is 3. The van der Waals surface area contributed by atoms with Crippen molar-refractivity contribution >= 4 is 10.9 Å². The molecule has 2 aromatic carbocycles. The number of likely N-dealkylation sites (tertiary alicyclic amines) is 1. The summed E-state index contributed by atoms with van der Waals surface area (Å²) < 4.78 is 1.84. The summed E-state index contributed by atoms with van der Waals surface area (Å²) in [5, 5.41) is 0.715. The van der Waals surface area contributed by atoms with Gasteiger partial charge >= 0.3 is 0 Å². The van der Waals surface area contributed by atoms with E-state index in [4.69, 9.17) is 0 Å². The molecule has 0 saturated carbocycles. The van der Waals surface area contributed by atoms with Crippen molar-refractivity contribution in [3.63, 3.8) is 0 Å². The van der Waals surface area contributed by atoms with Crippen LogP contribution in [0.2, 0.25) is 0 Å². The predicted molar refractivity (Wildman–Crippen MR) is 96.0 cm³/mol. The molecule has 2 heterocycles. The molecule has 0 atom stereocenters. The highest BCUT2D eigenvalue weighted by molar-refractivity contribution is 5.76. The number of benzene rings is 2. The molecule has 0 N–H and O–H groups in total. The van der Waals surface area contributed by atoms with Crippen LogP contribution in [0.3, 0.4) is 0 Å². The molecular weight excluding hydrogens is 298 g/mol. The first kappa shape index (κ1) is 15.1. The van der Waals surface area contributed by atoms with Crippen LogP contribution in [0.4, 0.5) is 0 Å². The van der Waals surface area contributed by atoms with E-state index in [2.05, 4.69) is 40.2 Å². The van der Waals surface area contributed by atoms with E-state index in [0.717, 1.165) is 38.0 Å². The lowest BCUT2D eigenvalue weighted by atomic mass is 10.0. The van der Waals surface area contributed by atoms with E-state index in [-0.39, 0.29) is 11.6 Å². The maximum absolute atomic E-state index is 12.7. The average Bonchev–Trinajstić information content (AvgIpc) is 2.64. The van der Waals surface area contributed by atoms with Gasteiger partial charge in [0.15, 0.2) is 0 Å². The summed E-state index contributed by atoms with van der Waals surface area (Å²) >= 11 is 0. The largest absolute Gasteiger partial charge is 0.299 e. The van der Waals surface area contributed by atoms with Crippen molar-refractivity contribution in [3.05, 3.63) is 76.8 Å². The number of hydrogen-bond acceptors (Lipinski definition) is 3. The quantitative estimate of drug-likeness (QED) is 0.744. The molecule has 1 aromatic heterocycles. The van der Waals surface area contributed by atoms with Gasteiger partial charge in [0.05, 0.1) is 17.2 Å². The normalized spacial score (nSPS) is 16.5. The Bertz CT molecular complexity index is 880. The highest BCUT2D eigenvalue weighted by atomic mass is 16.1. The first-order valence-corrected chi connectivity index (χ1v) is 8.53. The summed E-state index contributed by atoms with van der Waals surface area (Å²) in [5.74, 6) is 0. The lowest BCUT2D eigenvalue weighted by molar-refractivity contribution is 0.177. The van der Waals surface area contributed by atoms with Crippen molar-refractivity contribution in [1.29, 1.82) is 0 Å². The second-order valence-electron chi connectivity index (χ2n) is 6.47. The smallest absolute Gasteiger partial charge is 0.261 e. The number of para-hydroxylation sites is 1. The van der Waals surface area contributed by atoms with Gasteiger partial charge in [-0.2, -0.15) is 0 Å². The molecule has 0 unspecified atom stereocenters. The van der Waals surface area contributed by atoms with Crippen molar-refractivity contribution in [2.24, 2.45) is 0 Å². The van der Waals surface area contributed by atoms with E-state index < -0.39 is 0 Å². The number of fused-ring (bicyclic) bond motifs is 1. The summed E-state index contributed by atoms with van der Waals surface area (Å²) in [5.41, 5.74) is 2.21. The van der Waals surface area contributed by atoms with E-state index in [9.17, 15) is 4.79 Å². The van der Waals surface area contributed by atoms with Gasteiger partial charge in [0.25, 0.3) is 5.56 Å². The third kappa shape index (κ3) is 2.97. The minimum absolute atomic E-state index is 0.0853. The maximum Gasteiger partial charge on any atom is 0.261 e. The third-order valence-corrected chi connectivity index (χ3v) is 4.89. The molecule has 3 aromatic rings. The molecule has 4 heteroatoms. The van der Waals surface area contributed by atoms with Crippen molar-refractivity contribution in [2.45, 2.75) is 25.4 Å². The van der Waals surface area contributed by atoms with Gasteiger partial charge in [-0.15, -0.1) is 0 Å². The van der Waals surface area contributed by atoms with E-state index in [1.165, 1.54) is 5.56 Å². The number of hydrogen-bond donors (Lipinski definition) is 0. The molecule has 0 amide bonds. The Labute approximate surface area is 141 Å². The third-order valence-electron chi connectivity index (χ3n) is 4.89. The van der Waals surface area contributed by atoms with Crippen LogP contribution in [0.15, 0.2) is 65.7 Å². The second kappa shape index (κ2) is 6.57. The molecule has 0 spiro atoms. The van der Waals surface area contributed by atoms with Crippen LogP contribution in [0.5, 0.6) is 0 Å². The fourth-order valence-corrected chi connectivity index (χ4v) is 3.54. The fraction of sp³-hybridized carbons (Fsp3) is 0.300. The Morgan fingerprint density at radius 1 is 0.958 bits per heavy atom. The average molecular weight is 319 g/mol. The van der Waals surface area contributed by atoms with Gasteiger partial charge < -0.3 is 0 Å². The van der Waals surface area contributed by atoms with Crippen LogP contribution >= 0.6 is 0 Å². The Kier molecular flexibility index (Phi) is 4.13. The predicted octanol–water partition coefficient (Wildman–Crippen LogP) is 3.23. The van der Waals surface area contributed by atoms with Crippen LogP contribution in [0, 0.1) is 0 Å². The molecule has 4 rings (SSSR count). The maximum atomic E-state index is 12.7. The molecule has 1 saturated heterocycles. The monoisotopic (exact) mass is 319 g/mol. The number of aromatic nitrogens is 2. The van der Waals surface area contributed by atoms with Crippen LogP contribution in [-0.2, 0) is 6.54 Å². The summed E-state index contributed by atoms with van der Waals surface area (Å²) in [4.78, 5) is 19.6. The zero-order valence-corrected chi connectivity index (χ0v) is 13.6. The molecule has 0 radical (unpaired) electrons. The standard InChI is InChI=1S/C20H21N3O/c24-20-18-8-4-5-9-19(18)21-15-23(20)17-10-12-22(13-11-17)14-16-6-2-1-3-7-16/h1-9,15,17H,10-14H2. The van der Waals surface area contributed by atoms with Crippen molar-refractivity contribution < 1.29 is 0 Å². The topological polar surface area (TPSA) is 38.1 Å².